The number of hydrogen-bond acceptors (Lipinski definition) is 10. The molecule has 2 aliphatic rings. The van der Waals surface area contributed by atoms with Gasteiger partial charge in [0, 0.05) is 69.7 Å². The molecule has 6 rings (SSSR count). The van der Waals surface area contributed by atoms with E-state index in [0.29, 0.717) is 48.5 Å². The third-order valence-electron chi connectivity index (χ3n) is 8.36. The highest BCUT2D eigenvalue weighted by Gasteiger charge is 2.29. The third-order valence-corrected chi connectivity index (χ3v) is 9.48. The summed E-state index contributed by atoms with van der Waals surface area (Å²) in [5, 5.41) is 7.36. The van der Waals surface area contributed by atoms with Crippen LogP contribution in [0, 0.1) is 0 Å². The van der Waals surface area contributed by atoms with Gasteiger partial charge in [-0.1, -0.05) is 0 Å². The first-order valence-corrected chi connectivity index (χ1v) is 15.9. The second kappa shape index (κ2) is 13.8. The molecule has 0 aromatic carbocycles. The fourth-order valence-electron chi connectivity index (χ4n) is 5.91. The van der Waals surface area contributed by atoms with Gasteiger partial charge in [-0.25, -0.2) is 27.1 Å². The molecule has 1 amide bonds. The van der Waals surface area contributed by atoms with Gasteiger partial charge in [0.05, 0.1) is 16.3 Å². The van der Waals surface area contributed by atoms with E-state index in [1.807, 2.05) is 11.0 Å². The number of piperazine rings is 1. The summed E-state index contributed by atoms with van der Waals surface area (Å²) in [6.45, 7) is 5.63. The summed E-state index contributed by atoms with van der Waals surface area (Å²) in [5.74, 6) is -0.102. The van der Waals surface area contributed by atoms with Crippen LogP contribution in [0.2, 0.25) is 0 Å². The summed E-state index contributed by atoms with van der Waals surface area (Å²) < 4.78 is 61.6. The van der Waals surface area contributed by atoms with E-state index in [-0.39, 0.29) is 39.7 Å². The van der Waals surface area contributed by atoms with E-state index in [1.54, 1.807) is 10.6 Å². The predicted octanol–water partition coefficient (Wildman–Crippen LogP) is 4.34. The fraction of sp³-hybridized carbons (Fsp3) is 0.467. The fourth-order valence-corrected chi connectivity index (χ4v) is 6.77. The van der Waals surface area contributed by atoms with Crippen molar-refractivity contribution in [2.45, 2.75) is 31.7 Å². The van der Waals surface area contributed by atoms with Gasteiger partial charge in [-0.05, 0) is 38.1 Å². The summed E-state index contributed by atoms with van der Waals surface area (Å²) in [6.07, 6.45) is -1.46. The zero-order chi connectivity index (χ0) is 32.4. The Hall–Kier alpha value is -4.02. The lowest BCUT2D eigenvalue weighted by atomic mass is 10.0. The van der Waals surface area contributed by atoms with Crippen molar-refractivity contribution in [1.82, 2.24) is 34.7 Å². The number of hydrogen-bond donors (Lipinski definition) is 2. The average Bonchev–Trinajstić information content (AvgIpc) is 3.66. The van der Waals surface area contributed by atoms with E-state index < -0.39 is 18.8 Å². The van der Waals surface area contributed by atoms with Crippen LogP contribution in [-0.2, 0) is 0 Å². The molecule has 3 N–H and O–H groups in total. The van der Waals surface area contributed by atoms with Crippen LogP contribution in [0.1, 0.15) is 45.9 Å². The van der Waals surface area contributed by atoms with Crippen LogP contribution < -0.4 is 20.7 Å². The number of aromatic nitrogens is 4. The minimum absolute atomic E-state index is 0.118. The molecular formula is C30H35F4N9O2S. The number of nitrogens with zero attached hydrogens (tertiary/aromatic N) is 7. The maximum atomic E-state index is 13.7. The first kappa shape index (κ1) is 31.9. The molecule has 4 aromatic heterocycles. The Bertz CT molecular complexity index is 1680. The predicted molar refractivity (Wildman–Crippen MR) is 167 cm³/mol. The molecule has 16 heteroatoms. The Balaban J connectivity index is 1.19. The van der Waals surface area contributed by atoms with E-state index in [2.05, 4.69) is 37.2 Å². The molecule has 0 saturated carbocycles. The SMILES string of the molecule is CN1CCN(CCOc2cc(C(F)F)sc2C(=O)N[C@@H]2CCCN(c3cc(-c4ccnc(C(F)F)c4)n4ncnc(N)c34)C2)CC1. The monoisotopic (exact) mass is 661 g/mol. The average molecular weight is 662 g/mol. The Labute approximate surface area is 267 Å². The van der Waals surface area contributed by atoms with Gasteiger partial charge in [0.1, 0.15) is 34.8 Å². The van der Waals surface area contributed by atoms with Crippen LogP contribution in [0.5, 0.6) is 5.75 Å². The van der Waals surface area contributed by atoms with Gasteiger partial charge in [0.2, 0.25) is 0 Å². The number of anilines is 2. The summed E-state index contributed by atoms with van der Waals surface area (Å²) in [7, 11) is 2.07. The molecule has 2 aliphatic heterocycles. The van der Waals surface area contributed by atoms with E-state index in [4.69, 9.17) is 10.5 Å². The number of halogens is 4. The van der Waals surface area contributed by atoms with Crippen molar-refractivity contribution < 1.29 is 27.1 Å². The van der Waals surface area contributed by atoms with Crippen LogP contribution >= 0.6 is 11.3 Å². The number of ether oxygens (including phenoxy) is 1. The summed E-state index contributed by atoms with van der Waals surface area (Å²) in [6, 6.07) is 5.70. The number of nitrogen functional groups attached to an aromatic ring is 1. The highest BCUT2D eigenvalue weighted by molar-refractivity contribution is 7.14. The maximum Gasteiger partial charge on any atom is 0.280 e. The van der Waals surface area contributed by atoms with Crippen molar-refractivity contribution in [2.24, 2.45) is 0 Å². The lowest BCUT2D eigenvalue weighted by Gasteiger charge is -2.34. The Morgan fingerprint density at radius 2 is 1.91 bits per heavy atom. The number of thiophene rings is 1. The molecule has 0 spiro atoms. The van der Waals surface area contributed by atoms with E-state index in [1.165, 1.54) is 24.7 Å². The largest absolute Gasteiger partial charge is 0.491 e. The number of piperidine rings is 1. The molecule has 246 valence electrons. The van der Waals surface area contributed by atoms with Crippen molar-refractivity contribution in [3.8, 4) is 17.0 Å². The van der Waals surface area contributed by atoms with Crippen LogP contribution in [0.4, 0.5) is 29.1 Å². The molecule has 11 nitrogen and oxygen atoms in total. The summed E-state index contributed by atoms with van der Waals surface area (Å²) >= 11 is 0.740. The molecule has 0 unspecified atom stereocenters. The van der Waals surface area contributed by atoms with Gasteiger partial charge in [-0.15, -0.1) is 11.3 Å². The number of carbonyl (C=O) groups is 1. The Kier molecular flexibility index (Phi) is 9.56. The van der Waals surface area contributed by atoms with Gasteiger partial charge >= 0.3 is 0 Å². The van der Waals surface area contributed by atoms with Gasteiger partial charge < -0.3 is 25.6 Å². The van der Waals surface area contributed by atoms with Gasteiger partial charge in [-0.2, -0.15) is 5.10 Å². The number of amides is 1. The third kappa shape index (κ3) is 6.88. The van der Waals surface area contributed by atoms with Gasteiger partial charge in [-0.3, -0.25) is 14.7 Å². The lowest BCUT2D eigenvalue weighted by molar-refractivity contribution is 0.0931. The topological polar surface area (TPSA) is 117 Å². The molecule has 0 bridgehead atoms. The number of carbonyl (C=O) groups excluding carboxylic acids is 1. The second-order valence-electron chi connectivity index (χ2n) is 11.5. The lowest BCUT2D eigenvalue weighted by Crippen LogP contribution is -2.47. The first-order chi connectivity index (χ1) is 22.2. The van der Waals surface area contributed by atoms with Crippen molar-refractivity contribution in [3.63, 3.8) is 0 Å². The maximum absolute atomic E-state index is 13.7. The van der Waals surface area contributed by atoms with Gasteiger partial charge in [0.15, 0.2) is 5.82 Å². The van der Waals surface area contributed by atoms with Crippen molar-refractivity contribution >= 4 is 34.3 Å². The highest BCUT2D eigenvalue weighted by Crippen LogP contribution is 2.37. The van der Waals surface area contributed by atoms with E-state index in [0.717, 1.165) is 43.9 Å². The zero-order valence-corrected chi connectivity index (χ0v) is 26.0. The zero-order valence-electron chi connectivity index (χ0n) is 25.2. The highest BCUT2D eigenvalue weighted by atomic mass is 32.1. The second-order valence-corrected chi connectivity index (χ2v) is 12.6. The number of rotatable bonds is 10. The number of alkyl halides is 4. The Morgan fingerprint density at radius 1 is 1.11 bits per heavy atom. The first-order valence-electron chi connectivity index (χ1n) is 15.1. The molecule has 2 saturated heterocycles. The summed E-state index contributed by atoms with van der Waals surface area (Å²) in [5.41, 5.74) is 8.14. The number of fused-ring (bicyclic) bond motifs is 1. The number of pyridine rings is 1. The molecule has 46 heavy (non-hydrogen) atoms. The Morgan fingerprint density at radius 3 is 2.67 bits per heavy atom. The van der Waals surface area contributed by atoms with Crippen LogP contribution in [0.15, 0.2) is 36.8 Å². The van der Waals surface area contributed by atoms with Crippen molar-refractivity contribution in [1.29, 1.82) is 0 Å². The number of likely N-dealkylation sites (N-methyl/N-ethyl adjacent to an activating group) is 1. The van der Waals surface area contributed by atoms with Crippen molar-refractivity contribution in [2.75, 3.05) is 70.1 Å². The molecule has 4 aromatic rings. The molecule has 6 heterocycles. The standard InChI is InChI=1S/C30H35F4N9O2S/c1-40-7-9-41(10-8-40)11-12-45-23-15-24(28(33)34)46-26(23)30(44)39-19-3-2-6-42(16-19)22-14-21(43-25(22)29(35)37-17-38-43)18-4-5-36-20(13-18)27(31)32/h4-5,13-15,17,19,27-28H,2-3,6-12,16H2,1H3,(H,39,44)(H2,35,37,38)/t19-/m1/s1. The van der Waals surface area contributed by atoms with E-state index in [9.17, 15) is 22.4 Å². The van der Waals surface area contributed by atoms with Gasteiger partial charge in [0.25, 0.3) is 18.8 Å². The smallest absolute Gasteiger partial charge is 0.280 e. The molecule has 2 fully saturated rings. The molecular weight excluding hydrogens is 626 g/mol. The molecule has 0 radical (unpaired) electrons. The molecule has 0 aliphatic carbocycles. The number of nitrogens with one attached hydrogen (secondary N) is 1. The summed E-state index contributed by atoms with van der Waals surface area (Å²) in [4.78, 5) is 27.8. The number of nitrogens with two attached hydrogens (primary N) is 1. The minimum atomic E-state index is -2.74. The minimum Gasteiger partial charge on any atom is -0.491 e. The quantitative estimate of drug-likeness (QED) is 0.240. The van der Waals surface area contributed by atoms with Crippen LogP contribution in [0.25, 0.3) is 16.8 Å². The van der Waals surface area contributed by atoms with Crippen LogP contribution in [-0.4, -0.2) is 101 Å². The van der Waals surface area contributed by atoms with Crippen LogP contribution in [0.3, 0.4) is 0 Å². The normalized spacial score (nSPS) is 18.2. The van der Waals surface area contributed by atoms with E-state index >= 15 is 0 Å². The molecule has 1 atom stereocenters. The van der Waals surface area contributed by atoms with Crippen molar-refractivity contribution in [3.05, 3.63) is 52.2 Å².